The molecule has 34 heavy (non-hydrogen) atoms. The first kappa shape index (κ1) is 23.6. The van der Waals surface area contributed by atoms with Gasteiger partial charge in [0.25, 0.3) is 5.91 Å². The average molecular weight is 500 g/mol. The lowest BCUT2D eigenvalue weighted by atomic mass is 10.1. The van der Waals surface area contributed by atoms with Gasteiger partial charge in [-0.2, -0.15) is 4.99 Å². The molecule has 1 aromatic heterocycles. The lowest BCUT2D eigenvalue weighted by Gasteiger charge is -2.06. The van der Waals surface area contributed by atoms with E-state index in [2.05, 4.69) is 4.99 Å². The van der Waals surface area contributed by atoms with E-state index in [1.54, 1.807) is 13.0 Å². The van der Waals surface area contributed by atoms with Gasteiger partial charge in [0, 0.05) is 0 Å². The molecule has 0 aliphatic rings. The third-order valence-corrected chi connectivity index (χ3v) is 6.83. The highest BCUT2D eigenvalue weighted by Crippen LogP contribution is 2.22. The molecule has 0 aliphatic heterocycles. The van der Waals surface area contributed by atoms with Crippen molar-refractivity contribution >= 4 is 54.2 Å². The highest BCUT2D eigenvalue weighted by molar-refractivity contribution is 7.89. The Labute approximate surface area is 199 Å². The van der Waals surface area contributed by atoms with Crippen LogP contribution in [-0.4, -0.2) is 38.1 Å². The first-order valence-electron chi connectivity index (χ1n) is 10.3. The topological polar surface area (TPSA) is 130 Å². The smallest absolute Gasteiger partial charge is 0.326 e. The zero-order chi connectivity index (χ0) is 24.3. The van der Waals surface area contributed by atoms with Gasteiger partial charge in [-0.05, 0) is 48.0 Å². The van der Waals surface area contributed by atoms with E-state index < -0.39 is 21.9 Å². The summed E-state index contributed by atoms with van der Waals surface area (Å²) in [5, 5.41) is 7.25. The van der Waals surface area contributed by atoms with Crippen LogP contribution in [-0.2, 0) is 30.9 Å². The van der Waals surface area contributed by atoms with Crippen molar-refractivity contribution in [2.45, 2.75) is 18.4 Å². The Kier molecular flexibility index (Phi) is 6.77. The van der Waals surface area contributed by atoms with E-state index in [9.17, 15) is 18.0 Å². The highest BCUT2D eigenvalue weighted by Gasteiger charge is 2.15. The van der Waals surface area contributed by atoms with Crippen LogP contribution in [0.4, 0.5) is 0 Å². The predicted octanol–water partition coefficient (Wildman–Crippen LogP) is 2.57. The van der Waals surface area contributed by atoms with Crippen molar-refractivity contribution in [1.82, 2.24) is 4.57 Å². The molecule has 1 heterocycles. The SMILES string of the molecule is CCOC(=O)Cn1c(=NC(=O)COc2ccc3ccccc3c2)sc2cc(S(N)(=O)=O)ccc21. The first-order chi connectivity index (χ1) is 16.2. The summed E-state index contributed by atoms with van der Waals surface area (Å²) in [6.45, 7) is 1.38. The Morgan fingerprint density at radius 2 is 1.82 bits per heavy atom. The lowest BCUT2D eigenvalue weighted by molar-refractivity contribution is -0.143. The monoisotopic (exact) mass is 499 g/mol. The maximum atomic E-state index is 12.6. The average Bonchev–Trinajstić information content (AvgIpc) is 3.13. The van der Waals surface area contributed by atoms with Gasteiger partial charge in [0.15, 0.2) is 11.4 Å². The number of hydrogen-bond acceptors (Lipinski definition) is 7. The van der Waals surface area contributed by atoms with Crippen LogP contribution in [0.25, 0.3) is 21.0 Å². The molecule has 4 rings (SSSR count). The van der Waals surface area contributed by atoms with Crippen molar-refractivity contribution in [1.29, 1.82) is 0 Å². The number of nitrogens with zero attached hydrogens (tertiary/aromatic N) is 2. The first-order valence-corrected chi connectivity index (χ1v) is 12.6. The fraction of sp³-hybridized carbons (Fsp3) is 0.174. The molecule has 0 fully saturated rings. The molecule has 0 saturated heterocycles. The van der Waals surface area contributed by atoms with Crippen LogP contribution in [0.3, 0.4) is 0 Å². The molecule has 11 heteroatoms. The molecule has 3 aromatic carbocycles. The number of thiazole rings is 1. The zero-order valence-electron chi connectivity index (χ0n) is 18.1. The van der Waals surface area contributed by atoms with Crippen molar-refractivity contribution in [3.8, 4) is 5.75 Å². The predicted molar refractivity (Wildman–Crippen MR) is 128 cm³/mol. The maximum Gasteiger partial charge on any atom is 0.326 e. The van der Waals surface area contributed by atoms with Gasteiger partial charge in [-0.3, -0.25) is 9.59 Å². The molecule has 0 aliphatic carbocycles. The minimum Gasteiger partial charge on any atom is -0.484 e. The number of carbonyl (C=O) groups is 2. The van der Waals surface area contributed by atoms with E-state index >= 15 is 0 Å². The van der Waals surface area contributed by atoms with Gasteiger partial charge in [-0.25, -0.2) is 13.6 Å². The number of benzene rings is 3. The van der Waals surface area contributed by atoms with Crippen molar-refractivity contribution < 1.29 is 27.5 Å². The quantitative estimate of drug-likeness (QED) is 0.389. The molecule has 2 N–H and O–H groups in total. The fourth-order valence-corrected chi connectivity index (χ4v) is 5.05. The number of nitrogens with two attached hydrogens (primary N) is 1. The summed E-state index contributed by atoms with van der Waals surface area (Å²) in [6, 6.07) is 17.5. The normalized spacial score (nSPS) is 12.2. The van der Waals surface area contributed by atoms with Crippen molar-refractivity contribution in [2.75, 3.05) is 13.2 Å². The number of aromatic nitrogens is 1. The fourth-order valence-electron chi connectivity index (χ4n) is 3.35. The van der Waals surface area contributed by atoms with Crippen LogP contribution >= 0.6 is 11.3 Å². The second-order valence-corrected chi connectivity index (χ2v) is 9.82. The van der Waals surface area contributed by atoms with Crippen molar-refractivity contribution in [3.63, 3.8) is 0 Å². The summed E-state index contributed by atoms with van der Waals surface area (Å²) in [5.41, 5.74) is 0.521. The molecule has 0 bridgehead atoms. The zero-order valence-corrected chi connectivity index (χ0v) is 19.8. The molecule has 0 saturated carbocycles. The molecule has 0 radical (unpaired) electrons. The second kappa shape index (κ2) is 9.75. The molecular weight excluding hydrogens is 478 g/mol. The van der Waals surface area contributed by atoms with Gasteiger partial charge in [0.1, 0.15) is 12.3 Å². The van der Waals surface area contributed by atoms with Gasteiger partial charge in [0.2, 0.25) is 10.0 Å². The number of primary sulfonamides is 1. The largest absolute Gasteiger partial charge is 0.484 e. The van der Waals surface area contributed by atoms with Crippen molar-refractivity contribution in [3.05, 3.63) is 65.5 Å². The van der Waals surface area contributed by atoms with E-state index in [-0.39, 0.29) is 29.5 Å². The second-order valence-electron chi connectivity index (χ2n) is 7.25. The standard InChI is InChI=1S/C23H21N3O6S2/c1-2-31-22(28)13-26-19-10-9-18(34(24,29)30)12-20(19)33-23(26)25-21(27)14-32-17-8-7-15-5-3-4-6-16(15)11-17/h3-12H,2,13-14H2,1H3,(H2,24,29,30). The number of amides is 1. The molecule has 0 unspecified atom stereocenters. The van der Waals surface area contributed by atoms with Crippen LogP contribution in [0.5, 0.6) is 5.75 Å². The number of rotatable bonds is 7. The van der Waals surface area contributed by atoms with Crippen molar-refractivity contribution in [2.24, 2.45) is 10.1 Å². The van der Waals surface area contributed by atoms with E-state index in [0.717, 1.165) is 22.1 Å². The maximum absolute atomic E-state index is 12.6. The number of sulfonamides is 1. The molecule has 0 spiro atoms. The molecule has 9 nitrogen and oxygen atoms in total. The summed E-state index contributed by atoms with van der Waals surface area (Å²) in [5.74, 6) is -0.557. The number of esters is 1. The molecule has 4 aromatic rings. The van der Waals surface area contributed by atoms with Gasteiger partial charge < -0.3 is 14.0 Å². The van der Waals surface area contributed by atoms with Crippen LogP contribution < -0.4 is 14.7 Å². The number of ether oxygens (including phenoxy) is 2. The summed E-state index contributed by atoms with van der Waals surface area (Å²) < 4.78 is 36.1. The van der Waals surface area contributed by atoms with Gasteiger partial charge in [-0.1, -0.05) is 41.7 Å². The Hall–Kier alpha value is -3.54. The van der Waals surface area contributed by atoms with Crippen LogP contribution in [0, 0.1) is 0 Å². The minimum absolute atomic E-state index is 0.0814. The van der Waals surface area contributed by atoms with E-state index in [1.165, 1.54) is 22.8 Å². The van der Waals surface area contributed by atoms with E-state index in [0.29, 0.717) is 16.0 Å². The van der Waals surface area contributed by atoms with Gasteiger partial charge in [0.05, 0.1) is 21.7 Å². The molecule has 176 valence electrons. The summed E-state index contributed by atoms with van der Waals surface area (Å²) in [4.78, 5) is 29.0. The summed E-state index contributed by atoms with van der Waals surface area (Å²) in [6.07, 6.45) is 0. The molecular formula is C23H21N3O6S2. The highest BCUT2D eigenvalue weighted by atomic mass is 32.2. The number of fused-ring (bicyclic) bond motifs is 2. The van der Waals surface area contributed by atoms with Crippen LogP contribution in [0.1, 0.15) is 6.92 Å². The summed E-state index contributed by atoms with van der Waals surface area (Å²) >= 11 is 1.06. The third kappa shape index (κ3) is 5.33. The van der Waals surface area contributed by atoms with Crippen LogP contribution in [0.15, 0.2) is 70.6 Å². The van der Waals surface area contributed by atoms with E-state index in [1.807, 2.05) is 36.4 Å². The lowest BCUT2D eigenvalue weighted by Crippen LogP contribution is -2.24. The Morgan fingerprint density at radius 1 is 1.06 bits per heavy atom. The Bertz CT molecular complexity index is 1570. The Morgan fingerprint density at radius 3 is 2.56 bits per heavy atom. The summed E-state index contributed by atoms with van der Waals surface area (Å²) in [7, 11) is -3.92. The Balaban J connectivity index is 1.64. The molecule has 0 atom stereocenters. The van der Waals surface area contributed by atoms with E-state index in [4.69, 9.17) is 14.6 Å². The molecule has 1 amide bonds. The van der Waals surface area contributed by atoms with Gasteiger partial charge in [-0.15, -0.1) is 0 Å². The number of hydrogen-bond donors (Lipinski definition) is 1. The minimum atomic E-state index is -3.92. The third-order valence-electron chi connectivity index (χ3n) is 4.88. The number of carbonyl (C=O) groups excluding carboxylic acids is 2. The van der Waals surface area contributed by atoms with Gasteiger partial charge >= 0.3 is 5.97 Å². The van der Waals surface area contributed by atoms with Crippen LogP contribution in [0.2, 0.25) is 0 Å².